The molecule has 186 valence electrons. The predicted molar refractivity (Wildman–Crippen MR) is 132 cm³/mol. The fraction of sp³-hybridized carbons (Fsp3) is 0.654. The second-order valence-corrected chi connectivity index (χ2v) is 9.87. The van der Waals surface area contributed by atoms with E-state index >= 15 is 0 Å². The summed E-state index contributed by atoms with van der Waals surface area (Å²) in [5, 5.41) is 5.54. The third kappa shape index (κ3) is 9.84. The fourth-order valence-electron chi connectivity index (χ4n) is 3.72. The second kappa shape index (κ2) is 13.2. The summed E-state index contributed by atoms with van der Waals surface area (Å²) >= 11 is 0. The minimum Gasteiger partial charge on any atom is -0.444 e. The first-order chi connectivity index (χ1) is 15.4. The molecular weight excluding hydrogens is 418 g/mol. The zero-order valence-corrected chi connectivity index (χ0v) is 21.7. The summed E-state index contributed by atoms with van der Waals surface area (Å²) in [5.74, 6) is -0.535. The third-order valence-electron chi connectivity index (χ3n) is 5.16. The molecule has 0 aromatic heterocycles. The molecule has 1 rings (SSSR count). The van der Waals surface area contributed by atoms with E-state index in [4.69, 9.17) is 4.74 Å². The lowest BCUT2D eigenvalue weighted by molar-refractivity contribution is -0.140. The lowest BCUT2D eigenvalue weighted by Gasteiger charge is -2.34. The van der Waals surface area contributed by atoms with Crippen LogP contribution >= 0.6 is 0 Å². The maximum absolute atomic E-state index is 13.4. The van der Waals surface area contributed by atoms with Gasteiger partial charge < -0.3 is 20.3 Å². The van der Waals surface area contributed by atoms with E-state index in [9.17, 15) is 14.4 Å². The molecule has 0 spiro atoms. The fourth-order valence-corrected chi connectivity index (χ4v) is 3.72. The van der Waals surface area contributed by atoms with E-state index in [1.54, 1.807) is 25.7 Å². The van der Waals surface area contributed by atoms with Gasteiger partial charge in [-0.1, -0.05) is 44.4 Å². The molecular formula is C26H43N3O4. The Morgan fingerprint density at radius 2 is 1.64 bits per heavy atom. The number of benzene rings is 1. The topological polar surface area (TPSA) is 87.7 Å². The van der Waals surface area contributed by atoms with Crippen molar-refractivity contribution in [2.24, 2.45) is 0 Å². The van der Waals surface area contributed by atoms with E-state index in [1.807, 2.05) is 45.9 Å². The number of nitrogens with zero attached hydrogens (tertiary/aromatic N) is 1. The van der Waals surface area contributed by atoms with Crippen molar-refractivity contribution in [3.63, 3.8) is 0 Å². The monoisotopic (exact) mass is 461 g/mol. The van der Waals surface area contributed by atoms with Gasteiger partial charge >= 0.3 is 6.09 Å². The van der Waals surface area contributed by atoms with Gasteiger partial charge in [0.15, 0.2) is 0 Å². The van der Waals surface area contributed by atoms with Gasteiger partial charge in [0.2, 0.25) is 11.8 Å². The van der Waals surface area contributed by atoms with Gasteiger partial charge in [0.1, 0.15) is 18.2 Å². The lowest BCUT2D eigenvalue weighted by atomic mass is 9.93. The van der Waals surface area contributed by atoms with E-state index in [0.29, 0.717) is 6.54 Å². The highest BCUT2D eigenvalue weighted by Crippen LogP contribution is 2.28. The van der Waals surface area contributed by atoms with Crippen molar-refractivity contribution in [2.45, 2.75) is 98.8 Å². The highest BCUT2D eigenvalue weighted by Gasteiger charge is 2.33. The number of amides is 3. The summed E-state index contributed by atoms with van der Waals surface area (Å²) in [4.78, 5) is 40.5. The Labute approximate surface area is 199 Å². The van der Waals surface area contributed by atoms with Crippen LogP contribution in [0.25, 0.3) is 0 Å². The summed E-state index contributed by atoms with van der Waals surface area (Å²) in [7, 11) is 0. The quantitative estimate of drug-likeness (QED) is 0.463. The van der Waals surface area contributed by atoms with Crippen LogP contribution in [0.4, 0.5) is 4.79 Å². The first kappa shape index (κ1) is 28.5. The smallest absolute Gasteiger partial charge is 0.408 e. The Hall–Kier alpha value is -2.57. The van der Waals surface area contributed by atoms with Crippen molar-refractivity contribution in [1.82, 2.24) is 15.5 Å². The van der Waals surface area contributed by atoms with Crippen molar-refractivity contribution in [3.8, 4) is 0 Å². The van der Waals surface area contributed by atoms with Crippen molar-refractivity contribution < 1.29 is 19.1 Å². The number of hydrogen-bond acceptors (Lipinski definition) is 4. The first-order valence-electron chi connectivity index (χ1n) is 12.0. The van der Waals surface area contributed by atoms with Crippen molar-refractivity contribution >= 4 is 17.9 Å². The number of ether oxygens (including phenoxy) is 1. The standard InChI is InChI=1S/C26H43N3O4/c1-9-10-11-12-16-29(21(30)17-27-25(32)33-26(6,7)8)23(24(31)28-18(2)3)22-19(4)14-13-15-20(22)5/h13-15,18,23H,9-12,16-17H2,1-8H3,(H,27,32)(H,28,31). The van der Waals surface area contributed by atoms with Crippen molar-refractivity contribution in [3.05, 3.63) is 34.9 Å². The molecule has 0 radical (unpaired) electrons. The van der Waals surface area contributed by atoms with Gasteiger partial charge in [0.25, 0.3) is 0 Å². The summed E-state index contributed by atoms with van der Waals surface area (Å²) in [6, 6.07) is 5.01. The van der Waals surface area contributed by atoms with Crippen LogP contribution in [0.5, 0.6) is 0 Å². The lowest BCUT2D eigenvalue weighted by Crippen LogP contribution is -2.49. The molecule has 33 heavy (non-hydrogen) atoms. The van der Waals surface area contributed by atoms with Crippen LogP contribution in [-0.2, 0) is 14.3 Å². The summed E-state index contributed by atoms with van der Waals surface area (Å²) in [5.41, 5.74) is 2.07. The number of hydrogen-bond donors (Lipinski definition) is 2. The zero-order valence-electron chi connectivity index (χ0n) is 21.7. The highest BCUT2D eigenvalue weighted by molar-refractivity contribution is 5.91. The predicted octanol–water partition coefficient (Wildman–Crippen LogP) is 4.80. The molecule has 0 fully saturated rings. The molecule has 1 aromatic rings. The highest BCUT2D eigenvalue weighted by atomic mass is 16.6. The van der Waals surface area contributed by atoms with Crippen molar-refractivity contribution in [1.29, 1.82) is 0 Å². The van der Waals surface area contributed by atoms with Crippen molar-refractivity contribution in [2.75, 3.05) is 13.1 Å². The minimum atomic E-state index is -0.775. The molecule has 1 atom stereocenters. The average Bonchev–Trinajstić information content (AvgIpc) is 2.68. The molecule has 0 bridgehead atoms. The van der Waals surface area contributed by atoms with E-state index in [2.05, 4.69) is 17.6 Å². The molecule has 7 heteroatoms. The average molecular weight is 462 g/mol. The summed E-state index contributed by atoms with van der Waals surface area (Å²) in [6.45, 7) is 15.3. The van der Waals surface area contributed by atoms with Gasteiger partial charge in [-0.2, -0.15) is 0 Å². The molecule has 0 heterocycles. The van der Waals surface area contributed by atoms with Crippen LogP contribution in [0.3, 0.4) is 0 Å². The minimum absolute atomic E-state index is 0.0683. The Morgan fingerprint density at radius 3 is 2.15 bits per heavy atom. The van der Waals surface area contributed by atoms with Crippen LogP contribution in [0.1, 0.15) is 90.0 Å². The Balaban J connectivity index is 3.28. The molecule has 0 saturated carbocycles. The van der Waals surface area contributed by atoms with Gasteiger partial charge in [-0.25, -0.2) is 4.79 Å². The Bertz CT molecular complexity index is 779. The maximum Gasteiger partial charge on any atom is 0.408 e. The van der Waals surface area contributed by atoms with E-state index in [1.165, 1.54) is 0 Å². The van der Waals surface area contributed by atoms with Crippen LogP contribution in [0, 0.1) is 13.8 Å². The molecule has 7 nitrogen and oxygen atoms in total. The number of rotatable bonds is 11. The molecule has 1 unspecified atom stereocenters. The first-order valence-corrected chi connectivity index (χ1v) is 12.0. The Morgan fingerprint density at radius 1 is 1.03 bits per heavy atom. The van der Waals surface area contributed by atoms with Crippen LogP contribution in [0.15, 0.2) is 18.2 Å². The van der Waals surface area contributed by atoms with Gasteiger partial charge in [0.05, 0.1) is 0 Å². The summed E-state index contributed by atoms with van der Waals surface area (Å²) in [6.07, 6.45) is 3.22. The van der Waals surface area contributed by atoms with Gasteiger partial charge in [-0.15, -0.1) is 0 Å². The molecule has 0 aliphatic carbocycles. The number of carbonyl (C=O) groups excluding carboxylic acids is 3. The molecule has 3 amide bonds. The number of unbranched alkanes of at least 4 members (excludes halogenated alkanes) is 3. The summed E-state index contributed by atoms with van der Waals surface area (Å²) < 4.78 is 5.26. The van der Waals surface area contributed by atoms with Gasteiger partial charge in [0, 0.05) is 12.6 Å². The number of nitrogens with one attached hydrogen (secondary N) is 2. The van der Waals surface area contributed by atoms with E-state index < -0.39 is 17.7 Å². The molecule has 0 saturated heterocycles. The van der Waals surface area contributed by atoms with Crippen LogP contribution in [0.2, 0.25) is 0 Å². The van der Waals surface area contributed by atoms with E-state index in [-0.39, 0.29) is 24.4 Å². The molecule has 1 aromatic carbocycles. The number of carbonyl (C=O) groups is 3. The molecule has 0 aliphatic rings. The normalized spacial score (nSPS) is 12.3. The third-order valence-corrected chi connectivity index (χ3v) is 5.16. The number of alkyl carbamates (subject to hydrolysis) is 1. The molecule has 2 N–H and O–H groups in total. The van der Waals surface area contributed by atoms with Crippen LogP contribution < -0.4 is 10.6 Å². The van der Waals surface area contributed by atoms with E-state index in [0.717, 1.165) is 42.4 Å². The maximum atomic E-state index is 13.4. The van der Waals surface area contributed by atoms with Gasteiger partial charge in [-0.3, -0.25) is 9.59 Å². The largest absolute Gasteiger partial charge is 0.444 e. The van der Waals surface area contributed by atoms with Crippen LogP contribution in [-0.4, -0.2) is 47.5 Å². The second-order valence-electron chi connectivity index (χ2n) is 9.87. The van der Waals surface area contributed by atoms with Gasteiger partial charge in [-0.05, 0) is 71.6 Å². The SMILES string of the molecule is CCCCCCN(C(=O)CNC(=O)OC(C)(C)C)C(C(=O)NC(C)C)c1c(C)cccc1C. The molecule has 0 aliphatic heterocycles. The Kier molecular flexibility index (Phi) is 11.4. The zero-order chi connectivity index (χ0) is 25.2. The number of aryl methyl sites for hydroxylation is 2.